The van der Waals surface area contributed by atoms with Crippen molar-refractivity contribution in [3.05, 3.63) is 57.5 Å². The van der Waals surface area contributed by atoms with Gasteiger partial charge in [-0.25, -0.2) is 4.57 Å². The van der Waals surface area contributed by atoms with Crippen molar-refractivity contribution >= 4 is 51.9 Å². The van der Waals surface area contributed by atoms with Crippen LogP contribution < -0.4 is 10.3 Å². The fraction of sp³-hybridized carbons (Fsp3) is 0.0667. The number of nitrogens with one attached hydrogen (secondary N) is 1. The molecular weight excluding hydrogens is 419 g/mol. The van der Waals surface area contributed by atoms with Crippen molar-refractivity contribution < 1.29 is 18.9 Å². The molecule has 3 rings (SSSR count). The van der Waals surface area contributed by atoms with Crippen LogP contribution >= 0.6 is 35.4 Å². The molecule has 0 aliphatic carbocycles. The summed E-state index contributed by atoms with van der Waals surface area (Å²) in [4.78, 5) is 20.0. The van der Waals surface area contributed by atoms with Gasteiger partial charge in [0.1, 0.15) is 0 Å². The Kier molecular flexibility index (Phi) is 5.96. The molecule has 5 N–H and O–H groups in total. The van der Waals surface area contributed by atoms with Gasteiger partial charge in [-0.15, -0.1) is 0 Å². The Morgan fingerprint density at radius 3 is 2.46 bits per heavy atom. The monoisotopic (exact) mass is 432 g/mol. The lowest BCUT2D eigenvalue weighted by atomic mass is 10.2. The lowest BCUT2D eigenvalue weighted by molar-refractivity contribution is 0.280. The third-order valence-corrected chi connectivity index (χ3v) is 4.80. The van der Waals surface area contributed by atoms with Gasteiger partial charge < -0.3 is 15.2 Å². The topological polar surface area (TPSA) is 109 Å². The van der Waals surface area contributed by atoms with Crippen LogP contribution in [0.2, 0.25) is 5.02 Å². The lowest BCUT2D eigenvalue weighted by Gasteiger charge is -2.02. The predicted molar refractivity (Wildman–Crippen MR) is 99.3 cm³/mol. The Labute approximate surface area is 152 Å². The van der Waals surface area contributed by atoms with Gasteiger partial charge in [-0.2, -0.15) is 0 Å². The summed E-state index contributed by atoms with van der Waals surface area (Å²) in [6.07, 6.45) is 0. The number of H-pyrrole nitrogens is 1. The van der Waals surface area contributed by atoms with Gasteiger partial charge in [-0.05, 0) is 46.6 Å². The van der Waals surface area contributed by atoms with Crippen LogP contribution in [0.1, 0.15) is 5.56 Å². The summed E-state index contributed by atoms with van der Waals surface area (Å²) in [7, 11) is -4.56. The van der Waals surface area contributed by atoms with Crippen LogP contribution in [0.25, 0.3) is 10.9 Å². The van der Waals surface area contributed by atoms with Crippen molar-refractivity contribution in [1.29, 1.82) is 0 Å². The van der Waals surface area contributed by atoms with E-state index in [2.05, 4.69) is 25.4 Å². The molecule has 0 radical (unpaired) electrons. The third kappa shape index (κ3) is 5.00. The summed E-state index contributed by atoms with van der Waals surface area (Å²) >= 11 is 9.24. The number of phosphoric acid groups is 1. The minimum Gasteiger partial charge on any atom is -0.399 e. The average Bonchev–Trinajstić information content (AvgIpc) is 2.88. The number of aromatic nitrogens is 1. The number of para-hydroxylation sites is 1. The van der Waals surface area contributed by atoms with Gasteiger partial charge in [0.15, 0.2) is 0 Å². The SMILES string of the molecule is Cc1ccccc1N.O=P(O)(O)Oc1cc2c(Cl)c(Br)ccc2[nH]1. The molecule has 24 heavy (non-hydrogen) atoms. The van der Waals surface area contributed by atoms with Crippen molar-refractivity contribution in [1.82, 2.24) is 4.98 Å². The number of hydrogen-bond donors (Lipinski definition) is 4. The largest absolute Gasteiger partial charge is 0.525 e. The van der Waals surface area contributed by atoms with Crippen LogP contribution in [0.5, 0.6) is 5.88 Å². The van der Waals surface area contributed by atoms with Crippen molar-refractivity contribution in [2.75, 3.05) is 5.73 Å². The Bertz CT molecular complexity index is 889. The summed E-state index contributed by atoms with van der Waals surface area (Å²) in [6.45, 7) is 2.00. The number of benzene rings is 2. The summed E-state index contributed by atoms with van der Waals surface area (Å²) in [5.41, 5.74) is 8.17. The second-order valence-corrected chi connectivity index (χ2v) is 7.29. The normalized spacial score (nSPS) is 11.0. The van der Waals surface area contributed by atoms with Crippen molar-refractivity contribution in [3.63, 3.8) is 0 Å². The van der Waals surface area contributed by atoms with Crippen molar-refractivity contribution in [3.8, 4) is 5.88 Å². The molecule has 0 aliphatic rings. The second-order valence-electron chi connectivity index (χ2n) is 4.89. The molecule has 9 heteroatoms. The number of halogens is 2. The fourth-order valence-electron chi connectivity index (χ4n) is 1.88. The number of anilines is 1. The molecular formula is C15H15BrClN2O4P. The minimum atomic E-state index is -4.56. The highest BCUT2D eigenvalue weighted by atomic mass is 79.9. The first-order valence-electron chi connectivity index (χ1n) is 6.70. The number of hydrogen-bond acceptors (Lipinski definition) is 3. The zero-order valence-electron chi connectivity index (χ0n) is 12.5. The Balaban J connectivity index is 0.000000219. The van der Waals surface area contributed by atoms with Crippen molar-refractivity contribution in [2.45, 2.75) is 6.92 Å². The van der Waals surface area contributed by atoms with Gasteiger partial charge in [0.25, 0.3) is 0 Å². The molecule has 3 aromatic rings. The molecule has 128 valence electrons. The molecule has 0 amide bonds. The number of aromatic amines is 1. The molecule has 0 aliphatic heterocycles. The van der Waals surface area contributed by atoms with Crippen LogP contribution in [-0.2, 0) is 4.57 Å². The van der Waals surface area contributed by atoms with E-state index in [9.17, 15) is 4.57 Å². The molecule has 0 atom stereocenters. The summed E-state index contributed by atoms with van der Waals surface area (Å²) < 4.78 is 15.8. The van der Waals surface area contributed by atoms with E-state index in [0.29, 0.717) is 20.4 Å². The summed E-state index contributed by atoms with van der Waals surface area (Å²) in [5, 5.41) is 1.08. The molecule has 6 nitrogen and oxygen atoms in total. The van der Waals surface area contributed by atoms with E-state index >= 15 is 0 Å². The molecule has 0 saturated carbocycles. The Hall–Kier alpha value is -1.50. The van der Waals surface area contributed by atoms with Gasteiger partial charge in [0, 0.05) is 27.1 Å². The summed E-state index contributed by atoms with van der Waals surface area (Å²) in [5.74, 6) is -0.0247. The predicted octanol–water partition coefficient (Wildman–Crippen LogP) is 4.63. The van der Waals surface area contributed by atoms with E-state index in [1.54, 1.807) is 12.1 Å². The van der Waals surface area contributed by atoms with Crippen molar-refractivity contribution in [2.24, 2.45) is 0 Å². The molecule has 0 fully saturated rings. The van der Waals surface area contributed by atoms with E-state index in [1.807, 2.05) is 31.2 Å². The first-order chi connectivity index (χ1) is 11.2. The fourth-order valence-corrected chi connectivity index (χ4v) is 2.80. The first kappa shape index (κ1) is 18.8. The maximum Gasteiger partial charge on any atom is 0.525 e. The smallest absolute Gasteiger partial charge is 0.399 e. The maximum atomic E-state index is 10.6. The number of rotatable bonds is 2. The van der Waals surface area contributed by atoms with E-state index < -0.39 is 7.82 Å². The molecule has 0 saturated heterocycles. The van der Waals surface area contributed by atoms with Gasteiger partial charge in [-0.3, -0.25) is 9.79 Å². The zero-order chi connectivity index (χ0) is 17.9. The lowest BCUT2D eigenvalue weighted by Crippen LogP contribution is -1.89. The number of nitrogens with two attached hydrogens (primary N) is 1. The highest BCUT2D eigenvalue weighted by Crippen LogP contribution is 2.40. The quantitative estimate of drug-likeness (QED) is 0.348. The van der Waals surface area contributed by atoms with Crippen LogP contribution in [0, 0.1) is 6.92 Å². The van der Waals surface area contributed by atoms with Crippen LogP contribution in [0.3, 0.4) is 0 Å². The molecule has 0 bridgehead atoms. The Morgan fingerprint density at radius 2 is 1.92 bits per heavy atom. The van der Waals surface area contributed by atoms with Gasteiger partial charge in [0.2, 0.25) is 5.88 Å². The number of nitrogen functional groups attached to an aromatic ring is 1. The molecule has 1 aromatic heterocycles. The average molecular weight is 434 g/mol. The minimum absolute atomic E-state index is 0.0247. The standard InChI is InChI=1S/C8H6BrClNO4P.C7H9N/c9-5-1-2-6-4(8(5)10)3-7(11-6)15-16(12,13)14;1-6-4-2-3-5-7(6)8/h1-3,11H,(H2,12,13,14);2-5H,8H2,1H3. The van der Waals surface area contributed by atoms with Gasteiger partial charge in [-0.1, -0.05) is 29.8 Å². The molecule has 0 unspecified atom stereocenters. The Morgan fingerprint density at radius 1 is 1.25 bits per heavy atom. The third-order valence-electron chi connectivity index (χ3n) is 3.07. The molecule has 2 aromatic carbocycles. The maximum absolute atomic E-state index is 10.6. The first-order valence-corrected chi connectivity index (χ1v) is 9.40. The van der Waals surface area contributed by atoms with E-state index in [-0.39, 0.29) is 5.88 Å². The van der Waals surface area contributed by atoms with E-state index in [0.717, 1.165) is 11.3 Å². The van der Waals surface area contributed by atoms with Crippen LogP contribution in [-0.4, -0.2) is 14.8 Å². The van der Waals surface area contributed by atoms with Crippen LogP contribution in [0.4, 0.5) is 5.69 Å². The van der Waals surface area contributed by atoms with Crippen LogP contribution in [0.15, 0.2) is 46.9 Å². The highest BCUT2D eigenvalue weighted by molar-refractivity contribution is 9.10. The number of fused-ring (bicyclic) bond motifs is 1. The summed E-state index contributed by atoms with van der Waals surface area (Å²) in [6, 6.07) is 12.7. The van der Waals surface area contributed by atoms with Gasteiger partial charge >= 0.3 is 7.82 Å². The molecule has 0 spiro atoms. The number of phosphoric ester groups is 1. The zero-order valence-corrected chi connectivity index (χ0v) is 15.8. The number of aryl methyl sites for hydroxylation is 1. The molecule has 1 heterocycles. The highest BCUT2D eigenvalue weighted by Gasteiger charge is 2.18. The van der Waals surface area contributed by atoms with E-state index in [1.165, 1.54) is 6.07 Å². The van der Waals surface area contributed by atoms with Gasteiger partial charge in [0.05, 0.1) is 5.02 Å². The second kappa shape index (κ2) is 7.59. The van der Waals surface area contributed by atoms with E-state index in [4.69, 9.17) is 27.1 Å².